The largest absolute Gasteiger partial charge is 0.383 e. The van der Waals surface area contributed by atoms with Gasteiger partial charge in [0.25, 0.3) is 0 Å². The van der Waals surface area contributed by atoms with E-state index in [0.29, 0.717) is 13.1 Å². The summed E-state index contributed by atoms with van der Waals surface area (Å²) in [5.74, 6) is -2.08. The van der Waals surface area contributed by atoms with Gasteiger partial charge in [0.2, 0.25) is 0 Å². The first kappa shape index (κ1) is 19.1. The fourth-order valence-electron chi connectivity index (χ4n) is 3.12. The van der Waals surface area contributed by atoms with Gasteiger partial charge in [0.15, 0.2) is 5.82 Å². The van der Waals surface area contributed by atoms with Gasteiger partial charge in [-0.15, -0.1) is 0 Å². The monoisotopic (exact) mass is 379 g/mol. The molecule has 0 fully saturated rings. The number of benzene rings is 1. The molecule has 3 rings (SSSR count). The van der Waals surface area contributed by atoms with Gasteiger partial charge in [-0.2, -0.15) is 5.10 Å². The second-order valence-electron chi connectivity index (χ2n) is 6.62. The maximum absolute atomic E-state index is 14.4. The number of aliphatic hydroxyl groups is 1. The van der Waals surface area contributed by atoms with Crippen molar-refractivity contribution in [1.29, 1.82) is 0 Å². The second kappa shape index (κ2) is 7.91. The van der Waals surface area contributed by atoms with E-state index in [2.05, 4.69) is 15.1 Å². The van der Waals surface area contributed by atoms with Gasteiger partial charge < -0.3 is 10.0 Å². The molecule has 2 heterocycles. The normalized spacial score (nSPS) is 16.0. The van der Waals surface area contributed by atoms with Crippen LogP contribution in [0.4, 0.5) is 13.2 Å². The number of β-amino-alcohol motifs (C(OH)–C–C–N with tert-alkyl or cyclic N) is 1. The van der Waals surface area contributed by atoms with E-state index in [4.69, 9.17) is 0 Å². The van der Waals surface area contributed by atoms with E-state index in [1.165, 1.54) is 12.4 Å². The van der Waals surface area contributed by atoms with E-state index in [0.717, 1.165) is 18.3 Å². The van der Waals surface area contributed by atoms with E-state index in [9.17, 15) is 18.3 Å². The predicted octanol–water partition coefficient (Wildman–Crippen LogP) is 2.25. The molecule has 2 aromatic rings. The number of hydrogen-bond acceptors (Lipinski definition) is 6. The van der Waals surface area contributed by atoms with E-state index >= 15 is 0 Å². The Morgan fingerprint density at radius 2 is 2.04 bits per heavy atom. The highest BCUT2D eigenvalue weighted by Gasteiger charge is 2.35. The van der Waals surface area contributed by atoms with Gasteiger partial charge in [0.05, 0.1) is 18.4 Å². The minimum absolute atomic E-state index is 0.0165. The number of rotatable bonds is 7. The second-order valence-corrected chi connectivity index (χ2v) is 6.62. The van der Waals surface area contributed by atoms with Gasteiger partial charge in [-0.25, -0.2) is 23.1 Å². The summed E-state index contributed by atoms with van der Waals surface area (Å²) < 4.78 is 41.3. The van der Waals surface area contributed by atoms with Crippen molar-refractivity contribution in [2.24, 2.45) is 5.10 Å². The third-order valence-electron chi connectivity index (χ3n) is 4.42. The minimum Gasteiger partial charge on any atom is -0.383 e. The van der Waals surface area contributed by atoms with Crippen molar-refractivity contribution in [2.75, 3.05) is 20.3 Å². The molecule has 0 spiro atoms. The van der Waals surface area contributed by atoms with E-state index in [1.807, 2.05) is 7.05 Å². The molecule has 1 aromatic carbocycles. The predicted molar refractivity (Wildman–Crippen MR) is 93.0 cm³/mol. The molecule has 27 heavy (non-hydrogen) atoms. The molecule has 9 heteroatoms. The van der Waals surface area contributed by atoms with E-state index < -0.39 is 23.1 Å². The van der Waals surface area contributed by atoms with Crippen molar-refractivity contribution in [3.8, 4) is 0 Å². The zero-order valence-corrected chi connectivity index (χ0v) is 14.8. The molecule has 1 aliphatic heterocycles. The number of aromatic nitrogens is 2. The van der Waals surface area contributed by atoms with Crippen LogP contribution in [0.15, 0.2) is 35.8 Å². The molecular formula is C18H20F3N5O. The third kappa shape index (κ3) is 4.54. The molecule has 0 amide bonds. The first-order chi connectivity index (χ1) is 12.9. The maximum atomic E-state index is 14.4. The van der Waals surface area contributed by atoms with Gasteiger partial charge in [-0.3, -0.25) is 5.01 Å². The number of hydrogen-bond donors (Lipinski definition) is 1. The highest BCUT2D eigenvalue weighted by molar-refractivity contribution is 5.55. The maximum Gasteiger partial charge on any atom is 0.162 e. The van der Waals surface area contributed by atoms with Crippen molar-refractivity contribution < 1.29 is 18.3 Å². The summed E-state index contributed by atoms with van der Waals surface area (Å²) in [6.45, 7) is 0.453. The summed E-state index contributed by atoms with van der Waals surface area (Å²) in [4.78, 5) is 9.28. The van der Waals surface area contributed by atoms with Gasteiger partial charge in [-0.05, 0) is 25.3 Å². The van der Waals surface area contributed by atoms with E-state index in [1.54, 1.807) is 16.2 Å². The molecule has 0 unspecified atom stereocenters. The molecule has 6 nitrogen and oxygen atoms in total. The summed E-state index contributed by atoms with van der Waals surface area (Å²) in [5.41, 5.74) is -1.41. The zero-order valence-electron chi connectivity index (χ0n) is 14.8. The lowest BCUT2D eigenvalue weighted by Crippen LogP contribution is -2.40. The van der Waals surface area contributed by atoms with Crippen LogP contribution in [0.2, 0.25) is 0 Å². The Balaban J connectivity index is 1.78. The van der Waals surface area contributed by atoms with Crippen LogP contribution in [-0.2, 0) is 12.0 Å². The van der Waals surface area contributed by atoms with Crippen LogP contribution in [0.5, 0.6) is 0 Å². The standard InChI is InChI=1S/C18H20F3N5O/c1-25-11-24-26(12-25)9-18(27,14-5-4-13(19)7-15(14)20)6-2-3-17-16(21)8-22-10-23-17/h4-5,7-8,10-11,27H,2-3,6,9,12H2,1H3/t18-/m0/s1. The lowest BCUT2D eigenvalue weighted by atomic mass is 9.87. The van der Waals surface area contributed by atoms with Crippen molar-refractivity contribution in [2.45, 2.75) is 24.9 Å². The first-order valence-corrected chi connectivity index (χ1v) is 8.49. The first-order valence-electron chi connectivity index (χ1n) is 8.49. The average Bonchev–Trinajstić information content (AvgIpc) is 3.01. The smallest absolute Gasteiger partial charge is 0.162 e. The van der Waals surface area contributed by atoms with Crippen LogP contribution in [0.3, 0.4) is 0 Å². The van der Waals surface area contributed by atoms with Gasteiger partial charge in [-0.1, -0.05) is 6.07 Å². The summed E-state index contributed by atoms with van der Waals surface area (Å²) >= 11 is 0. The Hall–Kier alpha value is -2.68. The summed E-state index contributed by atoms with van der Waals surface area (Å²) in [6, 6.07) is 3.08. The van der Waals surface area contributed by atoms with Crippen molar-refractivity contribution in [1.82, 2.24) is 19.9 Å². The average molecular weight is 379 g/mol. The lowest BCUT2D eigenvalue weighted by molar-refractivity contribution is -0.0146. The molecule has 1 aromatic heterocycles. The summed E-state index contributed by atoms with van der Waals surface area (Å²) in [7, 11) is 1.82. The van der Waals surface area contributed by atoms with Crippen LogP contribution < -0.4 is 0 Å². The topological polar surface area (TPSA) is 64.8 Å². The van der Waals surface area contributed by atoms with Crippen molar-refractivity contribution in [3.63, 3.8) is 0 Å². The Kier molecular flexibility index (Phi) is 5.59. The quantitative estimate of drug-likeness (QED) is 0.800. The van der Waals surface area contributed by atoms with Crippen LogP contribution in [0.1, 0.15) is 24.1 Å². The van der Waals surface area contributed by atoms with Crippen LogP contribution >= 0.6 is 0 Å². The van der Waals surface area contributed by atoms with Crippen molar-refractivity contribution >= 4 is 6.34 Å². The zero-order chi connectivity index (χ0) is 19.4. The van der Waals surface area contributed by atoms with Gasteiger partial charge in [0.1, 0.15) is 36.6 Å². The number of halogens is 3. The number of aryl methyl sites for hydroxylation is 1. The Morgan fingerprint density at radius 1 is 1.22 bits per heavy atom. The molecule has 0 radical (unpaired) electrons. The summed E-state index contributed by atoms with van der Waals surface area (Å²) in [6.07, 6.45) is 4.63. The highest BCUT2D eigenvalue weighted by Crippen LogP contribution is 2.31. The number of nitrogens with zero attached hydrogens (tertiary/aromatic N) is 5. The SMILES string of the molecule is CN1C=NN(C[C@@](O)(CCCc2ncncc2F)c2ccc(F)cc2F)C1. The molecular weight excluding hydrogens is 359 g/mol. The van der Waals surface area contributed by atoms with Crippen LogP contribution in [-0.4, -0.2) is 51.6 Å². The van der Waals surface area contributed by atoms with Crippen molar-refractivity contribution in [3.05, 3.63) is 59.4 Å². The molecule has 0 aliphatic carbocycles. The number of hydrazone groups is 1. The van der Waals surface area contributed by atoms with Gasteiger partial charge in [0, 0.05) is 18.7 Å². The third-order valence-corrected chi connectivity index (χ3v) is 4.42. The van der Waals surface area contributed by atoms with Gasteiger partial charge >= 0.3 is 0 Å². The Labute approximate surface area is 155 Å². The molecule has 144 valence electrons. The van der Waals surface area contributed by atoms with E-state index in [-0.39, 0.29) is 30.6 Å². The molecule has 1 atom stereocenters. The molecule has 0 bridgehead atoms. The molecule has 0 saturated heterocycles. The Morgan fingerprint density at radius 3 is 2.70 bits per heavy atom. The van der Waals surface area contributed by atoms with Crippen LogP contribution in [0.25, 0.3) is 0 Å². The highest BCUT2D eigenvalue weighted by atomic mass is 19.1. The fourth-order valence-corrected chi connectivity index (χ4v) is 3.12. The minimum atomic E-state index is -1.62. The summed E-state index contributed by atoms with van der Waals surface area (Å²) in [5, 5.41) is 17.0. The van der Waals surface area contributed by atoms with Crippen LogP contribution in [0, 0.1) is 17.5 Å². The lowest BCUT2D eigenvalue weighted by Gasteiger charge is -2.32. The molecule has 0 saturated carbocycles. The fraction of sp³-hybridized carbons (Fsp3) is 0.389. The Bertz CT molecular complexity index is 834. The molecule has 1 N–H and O–H groups in total. The molecule has 1 aliphatic rings.